The van der Waals surface area contributed by atoms with Gasteiger partial charge in [0.2, 0.25) is 5.95 Å². The van der Waals surface area contributed by atoms with Crippen molar-refractivity contribution >= 4 is 11.9 Å². The third kappa shape index (κ3) is 3.49. The standard InChI is InChI=1S/C11H17N3O2/c1-3-8(4-2)7-13-11-12-6-5-9(14-11)10(15)16/h5-6,8H,3-4,7H2,1-2H3,(H,15,16)(H,12,13,14). The minimum absolute atomic E-state index is 0.0158. The van der Waals surface area contributed by atoms with Crippen LogP contribution in [0.4, 0.5) is 5.95 Å². The monoisotopic (exact) mass is 223 g/mol. The normalized spacial score (nSPS) is 10.4. The Labute approximate surface area is 94.9 Å². The van der Waals surface area contributed by atoms with Crippen LogP contribution in [-0.4, -0.2) is 27.6 Å². The van der Waals surface area contributed by atoms with Gasteiger partial charge in [-0.2, -0.15) is 0 Å². The minimum atomic E-state index is -1.03. The van der Waals surface area contributed by atoms with Crippen LogP contribution >= 0.6 is 0 Å². The van der Waals surface area contributed by atoms with Crippen LogP contribution in [0, 0.1) is 5.92 Å². The van der Waals surface area contributed by atoms with Gasteiger partial charge in [-0.25, -0.2) is 14.8 Å². The lowest BCUT2D eigenvalue weighted by Gasteiger charge is -2.12. The topological polar surface area (TPSA) is 75.1 Å². The van der Waals surface area contributed by atoms with Crippen molar-refractivity contribution in [3.63, 3.8) is 0 Å². The summed E-state index contributed by atoms with van der Waals surface area (Å²) in [7, 11) is 0. The number of carbonyl (C=O) groups is 1. The molecule has 2 N–H and O–H groups in total. The molecule has 0 saturated heterocycles. The Balaban J connectivity index is 2.60. The first kappa shape index (κ1) is 12.4. The lowest BCUT2D eigenvalue weighted by molar-refractivity contribution is 0.0690. The molecule has 1 aromatic heterocycles. The summed E-state index contributed by atoms with van der Waals surface area (Å²) in [5.41, 5.74) is 0.0158. The number of nitrogens with zero attached hydrogens (tertiary/aromatic N) is 2. The summed E-state index contributed by atoms with van der Waals surface area (Å²) in [5.74, 6) is -0.0862. The molecule has 5 heteroatoms. The zero-order valence-electron chi connectivity index (χ0n) is 9.60. The molecule has 1 rings (SSSR count). The highest BCUT2D eigenvalue weighted by atomic mass is 16.4. The highest BCUT2D eigenvalue weighted by Gasteiger charge is 2.07. The summed E-state index contributed by atoms with van der Waals surface area (Å²) in [6.07, 6.45) is 3.62. The first-order valence-corrected chi connectivity index (χ1v) is 5.47. The molecule has 0 aliphatic rings. The molecule has 0 bridgehead atoms. The highest BCUT2D eigenvalue weighted by Crippen LogP contribution is 2.08. The number of rotatable bonds is 6. The summed E-state index contributed by atoms with van der Waals surface area (Å²) < 4.78 is 0. The SMILES string of the molecule is CCC(CC)CNc1nccc(C(=O)O)n1. The quantitative estimate of drug-likeness (QED) is 0.771. The van der Waals surface area contributed by atoms with Crippen molar-refractivity contribution in [2.24, 2.45) is 5.92 Å². The Hall–Kier alpha value is -1.65. The number of nitrogens with one attached hydrogen (secondary N) is 1. The molecule has 0 saturated carbocycles. The molecular weight excluding hydrogens is 206 g/mol. The van der Waals surface area contributed by atoms with E-state index in [4.69, 9.17) is 5.11 Å². The minimum Gasteiger partial charge on any atom is -0.477 e. The van der Waals surface area contributed by atoms with E-state index in [1.165, 1.54) is 12.3 Å². The van der Waals surface area contributed by atoms with Gasteiger partial charge in [0.1, 0.15) is 0 Å². The lowest BCUT2D eigenvalue weighted by atomic mass is 10.0. The van der Waals surface area contributed by atoms with Crippen LogP contribution in [0.3, 0.4) is 0 Å². The van der Waals surface area contributed by atoms with Crippen LogP contribution in [0.2, 0.25) is 0 Å². The van der Waals surface area contributed by atoms with E-state index in [1.54, 1.807) is 0 Å². The third-order valence-electron chi connectivity index (χ3n) is 2.58. The average Bonchev–Trinajstić information content (AvgIpc) is 2.31. The maximum absolute atomic E-state index is 10.7. The molecule has 88 valence electrons. The molecule has 0 aliphatic carbocycles. The smallest absolute Gasteiger partial charge is 0.354 e. The number of hydrogen-bond donors (Lipinski definition) is 2. The van der Waals surface area contributed by atoms with Gasteiger partial charge in [0.25, 0.3) is 0 Å². The van der Waals surface area contributed by atoms with Gasteiger partial charge < -0.3 is 10.4 Å². The molecule has 0 unspecified atom stereocenters. The molecule has 0 atom stereocenters. The maximum atomic E-state index is 10.7. The maximum Gasteiger partial charge on any atom is 0.354 e. The zero-order valence-corrected chi connectivity index (χ0v) is 9.60. The second-order valence-corrected chi connectivity index (χ2v) is 3.63. The van der Waals surface area contributed by atoms with Crippen LogP contribution in [0.15, 0.2) is 12.3 Å². The number of carboxylic acid groups (broad SMARTS) is 1. The molecule has 0 fully saturated rings. The van der Waals surface area contributed by atoms with Gasteiger partial charge in [-0.05, 0) is 12.0 Å². The van der Waals surface area contributed by atoms with Crippen LogP contribution in [-0.2, 0) is 0 Å². The Kier molecular flexibility index (Phi) is 4.69. The summed E-state index contributed by atoms with van der Waals surface area (Å²) in [4.78, 5) is 18.6. The van der Waals surface area contributed by atoms with Crippen molar-refractivity contribution in [2.45, 2.75) is 26.7 Å². The first-order chi connectivity index (χ1) is 7.67. The van der Waals surface area contributed by atoms with Gasteiger partial charge >= 0.3 is 5.97 Å². The number of anilines is 1. The van der Waals surface area contributed by atoms with E-state index >= 15 is 0 Å². The van der Waals surface area contributed by atoms with Gasteiger partial charge in [0.05, 0.1) is 0 Å². The van der Waals surface area contributed by atoms with E-state index in [2.05, 4.69) is 29.1 Å². The molecule has 0 spiro atoms. The first-order valence-electron chi connectivity index (χ1n) is 5.47. The van der Waals surface area contributed by atoms with E-state index < -0.39 is 5.97 Å². The Morgan fingerprint density at radius 3 is 2.75 bits per heavy atom. The van der Waals surface area contributed by atoms with Crippen LogP contribution < -0.4 is 5.32 Å². The Morgan fingerprint density at radius 1 is 1.50 bits per heavy atom. The van der Waals surface area contributed by atoms with E-state index in [1.807, 2.05) is 0 Å². The molecule has 16 heavy (non-hydrogen) atoms. The van der Waals surface area contributed by atoms with E-state index in [0.29, 0.717) is 11.9 Å². The van der Waals surface area contributed by atoms with E-state index in [0.717, 1.165) is 19.4 Å². The van der Waals surface area contributed by atoms with Crippen molar-refractivity contribution in [1.29, 1.82) is 0 Å². The lowest BCUT2D eigenvalue weighted by Crippen LogP contribution is -2.15. The van der Waals surface area contributed by atoms with Crippen LogP contribution in [0.1, 0.15) is 37.2 Å². The number of aromatic nitrogens is 2. The van der Waals surface area contributed by atoms with Gasteiger partial charge in [-0.1, -0.05) is 26.7 Å². The fourth-order valence-corrected chi connectivity index (χ4v) is 1.38. The molecule has 0 aromatic carbocycles. The van der Waals surface area contributed by atoms with Crippen molar-refractivity contribution in [3.8, 4) is 0 Å². The summed E-state index contributed by atoms with van der Waals surface area (Å²) in [6.45, 7) is 5.03. The Bertz CT molecular complexity index is 351. The predicted octanol–water partition coefficient (Wildman–Crippen LogP) is 2.02. The summed E-state index contributed by atoms with van der Waals surface area (Å²) in [5, 5.41) is 11.8. The van der Waals surface area contributed by atoms with E-state index in [9.17, 15) is 4.79 Å². The molecule has 0 radical (unpaired) electrons. The molecule has 0 aliphatic heterocycles. The third-order valence-corrected chi connectivity index (χ3v) is 2.58. The number of hydrogen-bond acceptors (Lipinski definition) is 4. The van der Waals surface area contributed by atoms with E-state index in [-0.39, 0.29) is 5.69 Å². The van der Waals surface area contributed by atoms with Crippen molar-refractivity contribution in [1.82, 2.24) is 9.97 Å². The fourth-order valence-electron chi connectivity index (χ4n) is 1.38. The average molecular weight is 223 g/mol. The van der Waals surface area contributed by atoms with Gasteiger partial charge in [0, 0.05) is 12.7 Å². The van der Waals surface area contributed by atoms with Gasteiger partial charge in [-0.3, -0.25) is 0 Å². The molecule has 1 aromatic rings. The second kappa shape index (κ2) is 6.05. The van der Waals surface area contributed by atoms with Gasteiger partial charge in [-0.15, -0.1) is 0 Å². The van der Waals surface area contributed by atoms with Crippen molar-refractivity contribution < 1.29 is 9.90 Å². The van der Waals surface area contributed by atoms with Crippen molar-refractivity contribution in [3.05, 3.63) is 18.0 Å². The van der Waals surface area contributed by atoms with Gasteiger partial charge in [0.15, 0.2) is 5.69 Å². The number of carboxylic acids is 1. The molecule has 5 nitrogen and oxygen atoms in total. The molecule has 1 heterocycles. The molecule has 0 amide bonds. The predicted molar refractivity (Wildman–Crippen MR) is 61.6 cm³/mol. The second-order valence-electron chi connectivity index (χ2n) is 3.63. The fraction of sp³-hybridized carbons (Fsp3) is 0.545. The Morgan fingerprint density at radius 2 is 2.19 bits per heavy atom. The summed E-state index contributed by atoms with van der Waals surface area (Å²) in [6, 6.07) is 1.38. The van der Waals surface area contributed by atoms with Crippen LogP contribution in [0.25, 0.3) is 0 Å². The summed E-state index contributed by atoms with van der Waals surface area (Å²) >= 11 is 0. The van der Waals surface area contributed by atoms with Crippen molar-refractivity contribution in [2.75, 3.05) is 11.9 Å². The highest BCUT2D eigenvalue weighted by molar-refractivity contribution is 5.85. The molecular formula is C11H17N3O2. The van der Waals surface area contributed by atoms with Crippen LogP contribution in [0.5, 0.6) is 0 Å². The number of aromatic carboxylic acids is 1. The zero-order chi connectivity index (χ0) is 12.0. The largest absolute Gasteiger partial charge is 0.477 e.